The lowest BCUT2D eigenvalue weighted by Crippen LogP contribution is -2.34. The summed E-state index contributed by atoms with van der Waals surface area (Å²) in [6.07, 6.45) is 0. The zero-order chi connectivity index (χ0) is 20.0. The lowest BCUT2D eigenvalue weighted by atomic mass is 10.1. The number of thiocarbonyl (C=S) groups is 1. The second kappa shape index (κ2) is 8.81. The number of hydrogen-bond donors (Lipinski definition) is 2. The van der Waals surface area contributed by atoms with E-state index in [1.54, 1.807) is 18.2 Å². The summed E-state index contributed by atoms with van der Waals surface area (Å²) < 4.78 is 15.3. The van der Waals surface area contributed by atoms with E-state index >= 15 is 0 Å². The molecule has 27 heavy (non-hydrogen) atoms. The van der Waals surface area contributed by atoms with Gasteiger partial charge in [-0.25, -0.2) is 0 Å². The second-order valence-electron chi connectivity index (χ2n) is 5.12. The molecule has 2 aromatic carbocycles. The third-order valence-electron chi connectivity index (χ3n) is 3.52. The Balaban J connectivity index is 2.13. The predicted molar refractivity (Wildman–Crippen MR) is 103 cm³/mol. The van der Waals surface area contributed by atoms with Crippen LogP contribution in [0.2, 0.25) is 0 Å². The Hall–Kier alpha value is -3.40. The molecule has 0 bridgehead atoms. The Morgan fingerprint density at radius 2 is 1.74 bits per heavy atom. The van der Waals surface area contributed by atoms with Crippen LogP contribution in [0.25, 0.3) is 0 Å². The number of anilines is 1. The summed E-state index contributed by atoms with van der Waals surface area (Å²) in [5.74, 6) is 0.509. The van der Waals surface area contributed by atoms with Gasteiger partial charge in [0.05, 0.1) is 31.9 Å². The van der Waals surface area contributed by atoms with Crippen molar-refractivity contribution < 1.29 is 23.9 Å². The number of nitrogens with one attached hydrogen (secondary N) is 2. The maximum atomic E-state index is 12.3. The fraction of sp³-hybridized carbons (Fsp3) is 0.176. The van der Waals surface area contributed by atoms with Crippen molar-refractivity contribution in [1.29, 1.82) is 0 Å². The maximum absolute atomic E-state index is 12.3. The van der Waals surface area contributed by atoms with E-state index in [4.69, 9.17) is 26.4 Å². The normalized spacial score (nSPS) is 9.89. The van der Waals surface area contributed by atoms with Gasteiger partial charge < -0.3 is 19.5 Å². The Labute approximate surface area is 160 Å². The van der Waals surface area contributed by atoms with Gasteiger partial charge in [-0.05, 0) is 36.5 Å². The van der Waals surface area contributed by atoms with Crippen molar-refractivity contribution in [1.82, 2.24) is 5.32 Å². The molecule has 0 aliphatic rings. The third-order valence-corrected chi connectivity index (χ3v) is 3.73. The van der Waals surface area contributed by atoms with Gasteiger partial charge in [0.1, 0.15) is 11.5 Å². The van der Waals surface area contributed by atoms with Crippen molar-refractivity contribution in [3.63, 3.8) is 0 Å². The van der Waals surface area contributed by atoms with Gasteiger partial charge in [-0.1, -0.05) is 0 Å². The average molecular weight is 391 g/mol. The van der Waals surface area contributed by atoms with Crippen LogP contribution in [0.1, 0.15) is 10.4 Å². The molecule has 2 N–H and O–H groups in total. The predicted octanol–water partition coefficient (Wildman–Crippen LogP) is 2.75. The zero-order valence-corrected chi connectivity index (χ0v) is 15.6. The van der Waals surface area contributed by atoms with Crippen LogP contribution in [0.4, 0.5) is 11.4 Å². The van der Waals surface area contributed by atoms with Crippen molar-refractivity contribution in [3.8, 4) is 17.2 Å². The number of rotatable bonds is 6. The van der Waals surface area contributed by atoms with Crippen LogP contribution in [0.15, 0.2) is 36.4 Å². The average Bonchev–Trinajstić information content (AvgIpc) is 2.67. The molecule has 0 saturated carbocycles. The van der Waals surface area contributed by atoms with E-state index in [-0.39, 0.29) is 22.1 Å². The topological polar surface area (TPSA) is 112 Å². The summed E-state index contributed by atoms with van der Waals surface area (Å²) in [5, 5.41) is 16.4. The third kappa shape index (κ3) is 4.82. The molecule has 0 aliphatic heterocycles. The summed E-state index contributed by atoms with van der Waals surface area (Å²) in [5.41, 5.74) is 0.263. The molecule has 0 unspecified atom stereocenters. The highest BCUT2D eigenvalue weighted by Gasteiger charge is 2.19. The van der Waals surface area contributed by atoms with E-state index < -0.39 is 10.8 Å². The Morgan fingerprint density at radius 1 is 1.04 bits per heavy atom. The maximum Gasteiger partial charge on any atom is 0.311 e. The molecule has 0 fully saturated rings. The molecule has 0 atom stereocenters. The number of carbonyl (C=O) groups excluding carboxylic acids is 1. The summed E-state index contributed by atoms with van der Waals surface area (Å²) in [4.78, 5) is 22.8. The second-order valence-corrected chi connectivity index (χ2v) is 5.53. The van der Waals surface area contributed by atoms with Crippen molar-refractivity contribution in [2.75, 3.05) is 26.6 Å². The highest BCUT2D eigenvalue weighted by Crippen LogP contribution is 2.29. The quantitative estimate of drug-likeness (QED) is 0.439. The van der Waals surface area contributed by atoms with Crippen molar-refractivity contribution in [2.45, 2.75) is 0 Å². The smallest absolute Gasteiger partial charge is 0.311 e. The Kier molecular flexibility index (Phi) is 6.50. The van der Waals surface area contributed by atoms with Gasteiger partial charge in [-0.15, -0.1) is 0 Å². The molecule has 0 aromatic heterocycles. The van der Waals surface area contributed by atoms with Gasteiger partial charge in [0.2, 0.25) is 0 Å². The molecule has 2 rings (SSSR count). The molecule has 1 amide bonds. The van der Waals surface area contributed by atoms with E-state index in [9.17, 15) is 14.9 Å². The minimum absolute atomic E-state index is 0.00179. The first kappa shape index (κ1) is 19.9. The molecule has 2 aromatic rings. The van der Waals surface area contributed by atoms with Crippen LogP contribution in [0, 0.1) is 10.1 Å². The van der Waals surface area contributed by atoms with Gasteiger partial charge in [0.15, 0.2) is 10.9 Å². The molecule has 0 heterocycles. The number of ether oxygens (including phenoxy) is 3. The standard InChI is InChI=1S/C17H17N3O6S/c1-24-11-5-6-12(15(9-11)26-3)18-17(27)19-16(21)10-4-7-14(25-2)13(8-10)20(22)23/h4-9H,1-3H3,(H2,18,19,21,27). The van der Waals surface area contributed by atoms with Crippen LogP contribution < -0.4 is 24.8 Å². The molecule has 0 radical (unpaired) electrons. The number of nitro benzene ring substituents is 1. The van der Waals surface area contributed by atoms with Crippen LogP contribution in [0.3, 0.4) is 0 Å². The lowest BCUT2D eigenvalue weighted by molar-refractivity contribution is -0.385. The minimum atomic E-state index is -0.631. The van der Waals surface area contributed by atoms with E-state index in [0.29, 0.717) is 17.2 Å². The number of hydrogen-bond acceptors (Lipinski definition) is 7. The van der Waals surface area contributed by atoms with Gasteiger partial charge in [-0.3, -0.25) is 20.2 Å². The molecular formula is C17H17N3O6S. The van der Waals surface area contributed by atoms with Gasteiger partial charge in [-0.2, -0.15) is 0 Å². The summed E-state index contributed by atoms with van der Waals surface area (Å²) in [7, 11) is 4.32. The fourth-order valence-corrected chi connectivity index (χ4v) is 2.41. The first-order chi connectivity index (χ1) is 12.9. The van der Waals surface area contributed by atoms with E-state index in [1.165, 1.54) is 33.5 Å². The summed E-state index contributed by atoms with van der Waals surface area (Å²) >= 11 is 5.13. The van der Waals surface area contributed by atoms with Crippen LogP contribution in [-0.4, -0.2) is 37.3 Å². The molecule has 142 valence electrons. The molecular weight excluding hydrogens is 374 g/mol. The highest BCUT2D eigenvalue weighted by atomic mass is 32.1. The van der Waals surface area contributed by atoms with Crippen LogP contribution in [-0.2, 0) is 0 Å². The number of nitro groups is 1. The van der Waals surface area contributed by atoms with Gasteiger partial charge in [0, 0.05) is 17.7 Å². The highest BCUT2D eigenvalue weighted by molar-refractivity contribution is 7.80. The van der Waals surface area contributed by atoms with Crippen LogP contribution in [0.5, 0.6) is 17.2 Å². The molecule has 0 spiro atoms. The van der Waals surface area contributed by atoms with Crippen molar-refractivity contribution in [2.24, 2.45) is 0 Å². The monoisotopic (exact) mass is 391 g/mol. The number of benzene rings is 2. The first-order valence-electron chi connectivity index (χ1n) is 7.56. The largest absolute Gasteiger partial charge is 0.497 e. The number of carbonyl (C=O) groups is 1. The first-order valence-corrected chi connectivity index (χ1v) is 7.97. The summed E-state index contributed by atoms with van der Waals surface area (Å²) in [6, 6.07) is 8.88. The van der Waals surface area contributed by atoms with E-state index in [2.05, 4.69) is 10.6 Å². The van der Waals surface area contributed by atoms with E-state index in [1.807, 2.05) is 0 Å². The number of amides is 1. The lowest BCUT2D eigenvalue weighted by Gasteiger charge is -2.14. The van der Waals surface area contributed by atoms with Gasteiger partial charge >= 0.3 is 5.69 Å². The molecule has 9 nitrogen and oxygen atoms in total. The Bertz CT molecular complexity index is 887. The van der Waals surface area contributed by atoms with Gasteiger partial charge in [0.25, 0.3) is 5.91 Å². The van der Waals surface area contributed by atoms with Crippen LogP contribution >= 0.6 is 12.2 Å². The van der Waals surface area contributed by atoms with Crippen molar-refractivity contribution in [3.05, 3.63) is 52.1 Å². The van der Waals surface area contributed by atoms with E-state index in [0.717, 1.165) is 6.07 Å². The summed E-state index contributed by atoms with van der Waals surface area (Å²) in [6.45, 7) is 0. The number of nitrogens with zero attached hydrogens (tertiary/aromatic N) is 1. The Morgan fingerprint density at radius 3 is 2.33 bits per heavy atom. The fourth-order valence-electron chi connectivity index (χ4n) is 2.20. The molecule has 10 heteroatoms. The number of methoxy groups -OCH3 is 3. The SMILES string of the molecule is COc1ccc(NC(=S)NC(=O)c2ccc(OC)c([N+](=O)[O-])c2)c(OC)c1. The molecule has 0 saturated heterocycles. The minimum Gasteiger partial charge on any atom is -0.497 e. The zero-order valence-electron chi connectivity index (χ0n) is 14.8. The molecule has 0 aliphatic carbocycles. The van der Waals surface area contributed by atoms with Crippen molar-refractivity contribution >= 4 is 34.6 Å².